The lowest BCUT2D eigenvalue weighted by Gasteiger charge is -2.28. The van der Waals surface area contributed by atoms with E-state index in [1.165, 1.54) is 87.5 Å². The molecule has 12 rings (SSSR count). The predicted octanol–water partition coefficient (Wildman–Crippen LogP) is 15.0. The average Bonchev–Trinajstić information content (AvgIpc) is 3.78. The number of fused-ring (bicyclic) bond motifs is 9. The van der Waals surface area contributed by atoms with Gasteiger partial charge in [0.2, 0.25) is 0 Å². The molecule has 1 aromatic heterocycles. The van der Waals surface area contributed by atoms with E-state index in [2.05, 4.69) is 216 Å². The molecule has 0 saturated heterocycles. The zero-order valence-corrected chi connectivity index (χ0v) is 30.5. The zero-order chi connectivity index (χ0) is 36.7. The Balaban J connectivity index is 1.06. The first-order chi connectivity index (χ1) is 27.8. The summed E-state index contributed by atoms with van der Waals surface area (Å²) in [4.78, 5) is 2.45. The van der Waals surface area contributed by atoms with Crippen LogP contribution >= 0.6 is 0 Å². The van der Waals surface area contributed by atoms with Gasteiger partial charge in [0.25, 0.3) is 0 Å². The zero-order valence-electron chi connectivity index (χ0n) is 30.5. The molecule has 10 aromatic carbocycles. The molecule has 0 amide bonds. The Labute approximate surface area is 324 Å². The third-order valence-electron chi connectivity index (χ3n) is 11.9. The highest BCUT2D eigenvalue weighted by Gasteiger charge is 2.25. The van der Waals surface area contributed by atoms with Gasteiger partial charge in [0.15, 0.2) is 0 Å². The summed E-state index contributed by atoms with van der Waals surface area (Å²) in [7, 11) is 0. The van der Waals surface area contributed by atoms with Crippen LogP contribution in [0.4, 0.5) is 17.1 Å². The monoisotopic (exact) mass is 710 g/mol. The van der Waals surface area contributed by atoms with E-state index in [0.717, 1.165) is 22.7 Å². The lowest BCUT2D eigenvalue weighted by atomic mass is 9.97. The lowest BCUT2D eigenvalue weighted by molar-refractivity contribution is 1.18. The third-order valence-corrected chi connectivity index (χ3v) is 11.9. The van der Waals surface area contributed by atoms with Crippen molar-refractivity contribution >= 4 is 71.2 Å². The molecule has 0 saturated carbocycles. The summed E-state index contributed by atoms with van der Waals surface area (Å²) in [5, 5.41) is 10.1. The SMILES string of the molecule is c1ccc(-n2c3ccccc3c3ccc(N(c4ccc(-c5ccc6c(ccc7ccccc76)c5)cc4)c4ccc5c6c(cccc46)-c4ccccc4-5)cc32)cc1. The second-order valence-electron chi connectivity index (χ2n) is 14.9. The Hall–Kier alpha value is -7.42. The van der Waals surface area contributed by atoms with Crippen molar-refractivity contribution in [3.8, 4) is 39.1 Å². The molecule has 1 aliphatic carbocycles. The number of rotatable bonds is 5. The Kier molecular flexibility index (Phi) is 6.66. The topological polar surface area (TPSA) is 8.17 Å². The van der Waals surface area contributed by atoms with Crippen LogP contribution in [0.25, 0.3) is 93.2 Å². The first kappa shape index (κ1) is 31.0. The van der Waals surface area contributed by atoms with E-state index in [1.54, 1.807) is 0 Å². The van der Waals surface area contributed by atoms with Gasteiger partial charge in [-0.15, -0.1) is 0 Å². The van der Waals surface area contributed by atoms with Crippen LogP contribution in [0.15, 0.2) is 206 Å². The van der Waals surface area contributed by atoms with Gasteiger partial charge < -0.3 is 9.47 Å². The number of aromatic nitrogens is 1. The van der Waals surface area contributed by atoms with Crippen LogP contribution in [0.2, 0.25) is 0 Å². The number of hydrogen-bond donors (Lipinski definition) is 0. The van der Waals surface area contributed by atoms with Gasteiger partial charge in [0, 0.05) is 33.2 Å². The van der Waals surface area contributed by atoms with E-state index in [9.17, 15) is 0 Å². The summed E-state index contributed by atoms with van der Waals surface area (Å²) >= 11 is 0. The molecular weight excluding hydrogens is 677 g/mol. The molecule has 0 fully saturated rings. The van der Waals surface area contributed by atoms with Crippen LogP contribution in [-0.4, -0.2) is 4.57 Å². The Morgan fingerprint density at radius 3 is 1.79 bits per heavy atom. The van der Waals surface area contributed by atoms with E-state index in [1.807, 2.05) is 0 Å². The van der Waals surface area contributed by atoms with Gasteiger partial charge in [0.05, 0.1) is 16.7 Å². The largest absolute Gasteiger partial charge is 0.310 e. The number of para-hydroxylation sites is 2. The molecular formula is C54H34N2. The molecule has 0 spiro atoms. The average molecular weight is 711 g/mol. The molecule has 2 heteroatoms. The molecule has 1 heterocycles. The van der Waals surface area contributed by atoms with Crippen molar-refractivity contribution in [2.45, 2.75) is 0 Å². The third kappa shape index (κ3) is 4.57. The van der Waals surface area contributed by atoms with E-state index in [-0.39, 0.29) is 0 Å². The van der Waals surface area contributed by atoms with Crippen LogP contribution in [0.1, 0.15) is 0 Å². The minimum absolute atomic E-state index is 1.11. The van der Waals surface area contributed by atoms with Crippen LogP contribution in [0.5, 0.6) is 0 Å². The predicted molar refractivity (Wildman–Crippen MR) is 238 cm³/mol. The molecule has 0 radical (unpaired) electrons. The van der Waals surface area contributed by atoms with Crippen molar-refractivity contribution in [3.05, 3.63) is 206 Å². The van der Waals surface area contributed by atoms with E-state index in [4.69, 9.17) is 0 Å². The van der Waals surface area contributed by atoms with Gasteiger partial charge in [-0.2, -0.15) is 0 Å². The van der Waals surface area contributed by atoms with Crippen molar-refractivity contribution < 1.29 is 0 Å². The summed E-state index contributed by atoms with van der Waals surface area (Å²) in [5.74, 6) is 0. The van der Waals surface area contributed by atoms with Crippen LogP contribution in [0.3, 0.4) is 0 Å². The van der Waals surface area contributed by atoms with Gasteiger partial charge in [-0.05, 0) is 115 Å². The number of anilines is 3. The Bertz CT molecular complexity index is 3320. The van der Waals surface area contributed by atoms with E-state index < -0.39 is 0 Å². The number of hydrogen-bond acceptors (Lipinski definition) is 1. The lowest BCUT2D eigenvalue weighted by Crippen LogP contribution is -2.11. The minimum Gasteiger partial charge on any atom is -0.310 e. The minimum atomic E-state index is 1.11. The molecule has 260 valence electrons. The maximum absolute atomic E-state index is 2.45. The maximum Gasteiger partial charge on any atom is 0.0561 e. The van der Waals surface area contributed by atoms with Crippen molar-refractivity contribution in [2.75, 3.05) is 4.90 Å². The molecule has 1 aliphatic rings. The van der Waals surface area contributed by atoms with Crippen molar-refractivity contribution in [2.24, 2.45) is 0 Å². The summed E-state index contributed by atoms with van der Waals surface area (Å²) in [6.07, 6.45) is 0. The first-order valence-corrected chi connectivity index (χ1v) is 19.3. The van der Waals surface area contributed by atoms with Gasteiger partial charge in [-0.1, -0.05) is 152 Å². The highest BCUT2D eigenvalue weighted by atomic mass is 15.1. The summed E-state index contributed by atoms with van der Waals surface area (Å²) in [6, 6.07) is 75.8. The number of nitrogens with zero attached hydrogens (tertiary/aromatic N) is 2. The fourth-order valence-electron chi connectivity index (χ4n) is 9.36. The van der Waals surface area contributed by atoms with Crippen LogP contribution in [-0.2, 0) is 0 Å². The molecule has 0 aliphatic heterocycles. The normalized spacial score (nSPS) is 11.9. The summed E-state index contributed by atoms with van der Waals surface area (Å²) < 4.78 is 2.41. The van der Waals surface area contributed by atoms with E-state index >= 15 is 0 Å². The highest BCUT2D eigenvalue weighted by molar-refractivity contribution is 6.19. The molecule has 56 heavy (non-hydrogen) atoms. The standard InChI is InChI=1S/C54H34N2/c1-2-12-39(13-3-1)56-51-20-9-8-17-46(51)47-30-28-41(34-53(47)56)55(52-32-31-49-45-16-7-6-15-44(45)48-18-10-19-50(52)54(48)49)40-26-23-35(24-27-40)37-25-29-43-38(33-37)22-21-36-11-4-5-14-42(36)43/h1-34H. The van der Waals surface area contributed by atoms with Crippen molar-refractivity contribution in [1.82, 2.24) is 4.57 Å². The molecule has 11 aromatic rings. The molecule has 0 unspecified atom stereocenters. The smallest absolute Gasteiger partial charge is 0.0561 e. The van der Waals surface area contributed by atoms with Gasteiger partial charge in [-0.3, -0.25) is 0 Å². The van der Waals surface area contributed by atoms with E-state index in [0.29, 0.717) is 0 Å². The van der Waals surface area contributed by atoms with Gasteiger partial charge in [-0.25, -0.2) is 0 Å². The fourth-order valence-corrected chi connectivity index (χ4v) is 9.36. The fraction of sp³-hybridized carbons (Fsp3) is 0. The van der Waals surface area contributed by atoms with Crippen LogP contribution in [0, 0.1) is 0 Å². The van der Waals surface area contributed by atoms with Gasteiger partial charge in [0.1, 0.15) is 0 Å². The Morgan fingerprint density at radius 2 is 0.929 bits per heavy atom. The van der Waals surface area contributed by atoms with Crippen molar-refractivity contribution in [3.63, 3.8) is 0 Å². The first-order valence-electron chi connectivity index (χ1n) is 19.3. The maximum atomic E-state index is 2.45. The molecule has 0 atom stereocenters. The number of benzene rings is 10. The highest BCUT2D eigenvalue weighted by Crippen LogP contribution is 2.51. The summed E-state index contributed by atoms with van der Waals surface area (Å²) in [6.45, 7) is 0. The second kappa shape index (κ2) is 12.0. The second-order valence-corrected chi connectivity index (χ2v) is 14.9. The molecule has 2 nitrogen and oxygen atoms in total. The van der Waals surface area contributed by atoms with Crippen molar-refractivity contribution in [1.29, 1.82) is 0 Å². The Morgan fingerprint density at radius 1 is 0.321 bits per heavy atom. The summed E-state index contributed by atoms with van der Waals surface area (Å²) in [5.41, 5.74) is 14.5. The van der Waals surface area contributed by atoms with Crippen LogP contribution < -0.4 is 4.90 Å². The quantitative estimate of drug-likeness (QED) is 0.161. The molecule has 0 N–H and O–H groups in total. The van der Waals surface area contributed by atoms with Gasteiger partial charge >= 0.3 is 0 Å². The molecule has 0 bridgehead atoms.